The van der Waals surface area contributed by atoms with Crippen LogP contribution in [-0.2, 0) is 10.0 Å². The summed E-state index contributed by atoms with van der Waals surface area (Å²) < 4.78 is 51.6. The number of aromatic nitrogens is 2. The first-order valence-corrected chi connectivity index (χ1v) is 9.58. The van der Waals surface area contributed by atoms with Gasteiger partial charge in [-0.1, -0.05) is 48.9 Å². The highest BCUT2D eigenvalue weighted by Gasteiger charge is 2.22. The van der Waals surface area contributed by atoms with Crippen LogP contribution < -0.4 is 4.72 Å². The van der Waals surface area contributed by atoms with E-state index in [9.17, 15) is 17.2 Å². The molecule has 1 aromatic carbocycles. The summed E-state index contributed by atoms with van der Waals surface area (Å²) in [5.41, 5.74) is 0.783. The first-order valence-electron chi connectivity index (χ1n) is 6.91. The molecule has 0 atom stereocenters. The summed E-state index contributed by atoms with van der Waals surface area (Å²) in [5, 5.41) is 0.565. The Kier molecular flexibility index (Phi) is 5.79. The highest BCUT2D eigenvalue weighted by Crippen LogP contribution is 2.32. The van der Waals surface area contributed by atoms with Crippen LogP contribution in [0.25, 0.3) is 10.9 Å². The number of hydrogen-bond donors (Lipinski definition) is 2. The van der Waals surface area contributed by atoms with Gasteiger partial charge in [-0.3, -0.25) is 4.72 Å². The number of halogens is 3. The minimum Gasteiger partial charge on any atom is -0.358 e. The van der Waals surface area contributed by atoms with Crippen molar-refractivity contribution in [3.63, 3.8) is 0 Å². The third-order valence-corrected chi connectivity index (χ3v) is 6.01. The lowest BCUT2D eigenvalue weighted by molar-refractivity contribution is 0.151. The van der Waals surface area contributed by atoms with Crippen LogP contribution in [0.3, 0.4) is 0 Å². The van der Waals surface area contributed by atoms with E-state index < -0.39 is 21.5 Å². The molecule has 0 aliphatic rings. The lowest BCUT2D eigenvalue weighted by Crippen LogP contribution is -2.11. The lowest BCUT2D eigenvalue weighted by Gasteiger charge is -2.07. The van der Waals surface area contributed by atoms with Gasteiger partial charge < -0.3 is 4.98 Å². The molecule has 0 saturated carbocycles. The Balaban J connectivity index is 0.00000100. The van der Waals surface area contributed by atoms with Gasteiger partial charge >= 0.3 is 0 Å². The molecular formula is C14H14ClF2N3O2S2. The highest BCUT2D eigenvalue weighted by atomic mass is 35.5. The van der Waals surface area contributed by atoms with Crippen molar-refractivity contribution in [1.82, 2.24) is 9.97 Å². The Morgan fingerprint density at radius 3 is 2.67 bits per heavy atom. The molecule has 0 saturated heterocycles. The van der Waals surface area contributed by atoms with Crippen molar-refractivity contribution in [3.8, 4) is 0 Å². The number of H-pyrrole nitrogens is 1. The summed E-state index contributed by atoms with van der Waals surface area (Å²) in [5.74, 6) is 0. The van der Waals surface area contributed by atoms with Crippen molar-refractivity contribution in [3.05, 3.63) is 40.6 Å². The number of sulfonamides is 1. The van der Waals surface area contributed by atoms with Crippen LogP contribution in [0.2, 0.25) is 5.02 Å². The fraction of sp³-hybridized carbons (Fsp3) is 0.214. The number of rotatable bonds is 4. The Morgan fingerprint density at radius 1 is 1.33 bits per heavy atom. The van der Waals surface area contributed by atoms with Gasteiger partial charge in [0.2, 0.25) is 0 Å². The van der Waals surface area contributed by atoms with Crippen molar-refractivity contribution in [2.45, 2.75) is 24.5 Å². The molecule has 2 N–H and O–H groups in total. The molecule has 0 bridgehead atoms. The van der Waals surface area contributed by atoms with E-state index in [1.54, 1.807) is 18.2 Å². The van der Waals surface area contributed by atoms with E-state index in [1.807, 2.05) is 13.8 Å². The third kappa shape index (κ3) is 3.68. The molecule has 0 radical (unpaired) electrons. The van der Waals surface area contributed by atoms with Crippen LogP contribution in [0.15, 0.2) is 34.8 Å². The first kappa shape index (κ1) is 18.6. The summed E-state index contributed by atoms with van der Waals surface area (Å²) in [4.78, 5) is 6.27. The number of fused-ring (bicyclic) bond motifs is 1. The zero-order chi connectivity index (χ0) is 17.9. The lowest BCUT2D eigenvalue weighted by atomic mass is 10.2. The number of thiazole rings is 1. The molecule has 2 heterocycles. The van der Waals surface area contributed by atoms with Gasteiger partial charge in [0, 0.05) is 11.6 Å². The van der Waals surface area contributed by atoms with Crippen LogP contribution in [0.4, 0.5) is 14.5 Å². The first-order chi connectivity index (χ1) is 11.4. The number of nitrogens with one attached hydrogen (secondary N) is 2. The maximum absolute atomic E-state index is 12.5. The number of alkyl halides is 2. The maximum Gasteiger partial charge on any atom is 0.289 e. The number of anilines is 1. The van der Waals surface area contributed by atoms with Crippen LogP contribution in [0.1, 0.15) is 25.3 Å². The van der Waals surface area contributed by atoms with Gasteiger partial charge in [0.25, 0.3) is 16.4 Å². The molecule has 10 heteroatoms. The van der Waals surface area contributed by atoms with E-state index in [-0.39, 0.29) is 9.90 Å². The molecule has 130 valence electrons. The SMILES string of the molecule is CC.O=S(=O)(Nc1cccc2c(Cl)c[nH]c12)c1cnc(C(F)F)s1. The molecule has 0 fully saturated rings. The molecule has 2 aromatic heterocycles. The summed E-state index contributed by atoms with van der Waals surface area (Å²) in [6, 6.07) is 4.91. The molecule has 0 spiro atoms. The molecule has 3 rings (SSSR count). The second-order valence-electron chi connectivity index (χ2n) is 4.29. The van der Waals surface area contributed by atoms with Crippen LogP contribution in [0, 0.1) is 0 Å². The Labute approximate surface area is 146 Å². The Morgan fingerprint density at radius 2 is 2.04 bits per heavy atom. The predicted octanol–water partition coefficient (Wildman–Crippen LogP) is 5.04. The van der Waals surface area contributed by atoms with Gasteiger partial charge in [-0.15, -0.1) is 0 Å². The minimum absolute atomic E-state index is 0.274. The Hall–Kier alpha value is -1.71. The predicted molar refractivity (Wildman–Crippen MR) is 92.5 cm³/mol. The van der Waals surface area contributed by atoms with Gasteiger partial charge in [-0.2, -0.15) is 0 Å². The number of aromatic amines is 1. The van der Waals surface area contributed by atoms with Gasteiger partial charge in [-0.05, 0) is 6.07 Å². The fourth-order valence-corrected chi connectivity index (χ4v) is 4.19. The topological polar surface area (TPSA) is 74.8 Å². The summed E-state index contributed by atoms with van der Waals surface area (Å²) in [7, 11) is -4.00. The van der Waals surface area contributed by atoms with E-state index in [4.69, 9.17) is 11.6 Å². The normalized spacial score (nSPS) is 11.4. The fourth-order valence-electron chi connectivity index (χ4n) is 1.90. The summed E-state index contributed by atoms with van der Waals surface area (Å²) >= 11 is 6.40. The molecule has 0 aliphatic heterocycles. The number of nitrogens with zero attached hydrogens (tertiary/aromatic N) is 1. The van der Waals surface area contributed by atoms with E-state index in [2.05, 4.69) is 14.7 Å². The number of para-hydroxylation sites is 1. The van der Waals surface area contributed by atoms with Crippen molar-refractivity contribution >= 4 is 49.6 Å². The quantitative estimate of drug-likeness (QED) is 0.651. The smallest absolute Gasteiger partial charge is 0.289 e. The molecule has 0 amide bonds. The highest BCUT2D eigenvalue weighted by molar-refractivity contribution is 7.94. The second-order valence-corrected chi connectivity index (χ2v) is 7.67. The standard InChI is InChI=1S/C12H8ClF2N3O2S2.C2H6/c13-7-4-16-10-6(7)2-1-3-8(10)18-22(19,20)9-5-17-12(21-9)11(14)15;1-2/h1-5,11,16,18H;1-2H3. The van der Waals surface area contributed by atoms with E-state index in [1.165, 1.54) is 6.20 Å². The molecular weight excluding hydrogens is 380 g/mol. The summed E-state index contributed by atoms with van der Waals surface area (Å²) in [6.45, 7) is 4.00. The maximum atomic E-state index is 12.5. The average Bonchev–Trinajstić information content (AvgIpc) is 3.18. The van der Waals surface area contributed by atoms with Crippen LogP contribution >= 0.6 is 22.9 Å². The molecule has 0 unspecified atom stereocenters. The van der Waals surface area contributed by atoms with Crippen LogP contribution in [0.5, 0.6) is 0 Å². The van der Waals surface area contributed by atoms with Crippen molar-refractivity contribution < 1.29 is 17.2 Å². The molecule has 24 heavy (non-hydrogen) atoms. The van der Waals surface area contributed by atoms with Gasteiger partial charge in [-0.25, -0.2) is 22.2 Å². The summed E-state index contributed by atoms with van der Waals surface area (Å²) in [6.07, 6.45) is -0.360. The van der Waals surface area contributed by atoms with Gasteiger partial charge in [0.1, 0.15) is 0 Å². The largest absolute Gasteiger partial charge is 0.358 e. The van der Waals surface area contributed by atoms with Crippen molar-refractivity contribution in [2.75, 3.05) is 4.72 Å². The van der Waals surface area contributed by atoms with Crippen LogP contribution in [-0.4, -0.2) is 18.4 Å². The van der Waals surface area contributed by atoms with Crippen molar-refractivity contribution in [1.29, 1.82) is 0 Å². The third-order valence-electron chi connectivity index (χ3n) is 2.86. The van der Waals surface area contributed by atoms with Gasteiger partial charge in [0.15, 0.2) is 9.22 Å². The zero-order valence-electron chi connectivity index (χ0n) is 12.7. The van der Waals surface area contributed by atoms with E-state index in [0.717, 1.165) is 6.20 Å². The number of hydrogen-bond acceptors (Lipinski definition) is 4. The number of benzene rings is 1. The monoisotopic (exact) mass is 393 g/mol. The van der Waals surface area contributed by atoms with E-state index >= 15 is 0 Å². The zero-order valence-corrected chi connectivity index (χ0v) is 15.1. The van der Waals surface area contributed by atoms with Gasteiger partial charge in [0.05, 0.1) is 22.4 Å². The second kappa shape index (κ2) is 7.45. The average molecular weight is 394 g/mol. The van der Waals surface area contributed by atoms with Crippen molar-refractivity contribution in [2.24, 2.45) is 0 Å². The molecule has 0 aliphatic carbocycles. The molecule has 3 aromatic rings. The van der Waals surface area contributed by atoms with E-state index in [0.29, 0.717) is 27.3 Å². The minimum atomic E-state index is -4.00. The Bertz CT molecular complexity index is 939. The molecule has 5 nitrogen and oxygen atoms in total.